The van der Waals surface area contributed by atoms with Gasteiger partial charge in [0.1, 0.15) is 5.82 Å². The number of carbonyl (C=O) groups excluding carboxylic acids is 2. The molecular weight excluding hydrogens is 829 g/mol. The van der Waals surface area contributed by atoms with E-state index < -0.39 is 11.8 Å². The molecule has 16 N–H and O–H groups in total. The summed E-state index contributed by atoms with van der Waals surface area (Å²) in [6, 6.07) is 9.80. The Hall–Kier alpha value is -6.88. The highest BCUT2D eigenvalue weighted by atomic mass is 35.5. The van der Waals surface area contributed by atoms with Crippen molar-refractivity contribution >= 4 is 87.8 Å². The first-order valence-corrected chi connectivity index (χ1v) is 20.0. The Balaban J connectivity index is 1.10. The predicted octanol–water partition coefficient (Wildman–Crippen LogP) is -0.416. The van der Waals surface area contributed by atoms with Crippen molar-refractivity contribution in [3.63, 3.8) is 0 Å². The van der Waals surface area contributed by atoms with E-state index in [2.05, 4.69) is 64.2 Å². The van der Waals surface area contributed by atoms with E-state index in [9.17, 15) is 9.59 Å². The van der Waals surface area contributed by atoms with E-state index in [1.165, 1.54) is 0 Å². The molecule has 3 aliphatic rings. The third-order valence-electron chi connectivity index (χ3n) is 10.1. The van der Waals surface area contributed by atoms with E-state index in [-0.39, 0.29) is 69.0 Å². The molecule has 2 amide bonds. The molecule has 0 saturated carbocycles. The summed E-state index contributed by atoms with van der Waals surface area (Å²) in [5, 5.41) is 4.66. The number of amides is 2. The third kappa shape index (κ3) is 11.2. The highest BCUT2D eigenvalue weighted by molar-refractivity contribution is 6.32. The number of hydrogen-bond acceptors (Lipinski definition) is 15. The van der Waals surface area contributed by atoms with E-state index in [4.69, 9.17) is 73.3 Å². The van der Waals surface area contributed by atoms with Gasteiger partial charge in [-0.3, -0.25) is 20.2 Å². The van der Waals surface area contributed by atoms with Crippen molar-refractivity contribution in [2.24, 2.45) is 37.2 Å². The average Bonchev–Trinajstić information content (AvgIpc) is 3.23. The van der Waals surface area contributed by atoms with Gasteiger partial charge in [-0.1, -0.05) is 48.0 Å². The second-order valence-corrected chi connectivity index (χ2v) is 15.0. The van der Waals surface area contributed by atoms with Gasteiger partial charge in [-0.05, 0) is 37.8 Å². The third-order valence-corrected chi connectivity index (χ3v) is 10.7. The molecule has 0 spiro atoms. The van der Waals surface area contributed by atoms with E-state index in [1.807, 2.05) is 32.9 Å². The van der Waals surface area contributed by atoms with Crippen LogP contribution in [0.4, 0.5) is 29.0 Å². The van der Waals surface area contributed by atoms with Crippen LogP contribution in [-0.2, 0) is 0 Å². The molecule has 23 nitrogen and oxygen atoms in total. The van der Waals surface area contributed by atoms with Gasteiger partial charge in [-0.15, -0.1) is 0 Å². The van der Waals surface area contributed by atoms with Gasteiger partial charge in [0.05, 0.1) is 12.1 Å². The number of guanidine groups is 4. The number of aromatic nitrogens is 4. The van der Waals surface area contributed by atoms with Crippen molar-refractivity contribution < 1.29 is 9.59 Å². The molecule has 0 radical (unpaired) electrons. The molecule has 0 atom stereocenters. The van der Waals surface area contributed by atoms with E-state index in [1.54, 1.807) is 0 Å². The lowest BCUT2D eigenvalue weighted by Gasteiger charge is -2.37. The van der Waals surface area contributed by atoms with Gasteiger partial charge in [-0.25, -0.2) is 29.9 Å². The van der Waals surface area contributed by atoms with Crippen molar-refractivity contribution in [3.8, 4) is 0 Å². The normalized spacial score (nSPS) is 17.7. The summed E-state index contributed by atoms with van der Waals surface area (Å²) in [4.78, 5) is 68.2. The average molecular weight is 879 g/mol. The maximum atomic E-state index is 12.8. The van der Waals surface area contributed by atoms with Crippen molar-refractivity contribution in [3.05, 3.63) is 64.4 Å². The Bertz CT molecular complexity index is 2230. The SMILES string of the molecule is C=C(N=C(N=C(N)N1CCN(c2ccccc2)CC1)N1CCC(N=C(N)NC(=O)c2nc(Cl)c(N)nc2N)CC1)N1CCC(N=C(N)NC(=O)c2nc(Cl)c(N)nc2N)CC1. The summed E-state index contributed by atoms with van der Waals surface area (Å²) in [5.74, 6) is -0.990. The minimum Gasteiger partial charge on any atom is -0.382 e. The molecule has 6 rings (SSSR count). The summed E-state index contributed by atoms with van der Waals surface area (Å²) in [5.41, 5.74) is 42.4. The van der Waals surface area contributed by atoms with Crippen molar-refractivity contribution in [1.29, 1.82) is 0 Å². The predicted molar refractivity (Wildman–Crippen MR) is 238 cm³/mol. The molecule has 1 aromatic carbocycles. The Kier molecular flexibility index (Phi) is 13.9. The Labute approximate surface area is 361 Å². The number of likely N-dealkylation sites (tertiary alicyclic amines) is 2. The van der Waals surface area contributed by atoms with E-state index in [0.29, 0.717) is 82.7 Å². The van der Waals surface area contributed by atoms with Crippen LogP contribution in [0.1, 0.15) is 46.7 Å². The van der Waals surface area contributed by atoms with Gasteiger partial charge in [0.2, 0.25) is 5.96 Å². The fourth-order valence-electron chi connectivity index (χ4n) is 6.83. The molecule has 0 bridgehead atoms. The zero-order valence-corrected chi connectivity index (χ0v) is 34.7. The number of hydrogen-bond donors (Lipinski definition) is 9. The molecule has 324 valence electrons. The number of nitrogens with one attached hydrogen (secondary N) is 2. The number of para-hydroxylation sites is 1. The van der Waals surface area contributed by atoms with Crippen LogP contribution in [0.25, 0.3) is 0 Å². The molecule has 3 saturated heterocycles. The van der Waals surface area contributed by atoms with Gasteiger partial charge in [-0.2, -0.15) is 9.98 Å². The first-order valence-electron chi connectivity index (χ1n) is 19.3. The maximum Gasteiger partial charge on any atom is 0.280 e. The van der Waals surface area contributed by atoms with Crippen molar-refractivity contribution in [2.75, 3.05) is 80.2 Å². The Morgan fingerprint density at radius 3 is 1.56 bits per heavy atom. The summed E-state index contributed by atoms with van der Waals surface area (Å²) in [6.07, 6.45) is 2.32. The first kappa shape index (κ1) is 43.7. The Morgan fingerprint density at radius 2 is 1.08 bits per heavy atom. The van der Waals surface area contributed by atoms with Crippen molar-refractivity contribution in [2.45, 2.75) is 37.8 Å². The van der Waals surface area contributed by atoms with Crippen LogP contribution >= 0.6 is 23.2 Å². The Morgan fingerprint density at radius 1 is 0.623 bits per heavy atom. The number of piperidine rings is 2. The van der Waals surface area contributed by atoms with Crippen LogP contribution in [0.2, 0.25) is 10.3 Å². The maximum absolute atomic E-state index is 12.8. The quantitative estimate of drug-likeness (QED) is 0.108. The van der Waals surface area contributed by atoms with Crippen LogP contribution in [-0.4, -0.2) is 135 Å². The largest absolute Gasteiger partial charge is 0.382 e. The zero-order chi connectivity index (χ0) is 43.8. The van der Waals surface area contributed by atoms with Crippen molar-refractivity contribution in [1.82, 2.24) is 45.3 Å². The number of nitrogens with zero attached hydrogens (tertiary/aromatic N) is 12. The zero-order valence-electron chi connectivity index (χ0n) is 33.2. The number of aliphatic imine (C=N–C) groups is 4. The van der Waals surface area contributed by atoms with Crippen LogP contribution in [0.3, 0.4) is 0 Å². The number of anilines is 5. The lowest BCUT2D eigenvalue weighted by atomic mass is 10.1. The van der Waals surface area contributed by atoms with Crippen LogP contribution in [0.15, 0.2) is 62.7 Å². The van der Waals surface area contributed by atoms with Gasteiger partial charge in [0.25, 0.3) is 11.8 Å². The lowest BCUT2D eigenvalue weighted by Crippen LogP contribution is -2.52. The highest BCUT2D eigenvalue weighted by Gasteiger charge is 2.27. The molecule has 61 heavy (non-hydrogen) atoms. The molecule has 0 unspecified atom stereocenters. The van der Waals surface area contributed by atoms with Gasteiger partial charge < -0.3 is 59.7 Å². The van der Waals surface area contributed by atoms with Crippen LogP contribution in [0.5, 0.6) is 0 Å². The molecule has 3 aliphatic heterocycles. The second-order valence-electron chi connectivity index (χ2n) is 14.2. The fourth-order valence-corrected chi connectivity index (χ4v) is 7.09. The molecule has 5 heterocycles. The van der Waals surface area contributed by atoms with Crippen LogP contribution in [0, 0.1) is 0 Å². The highest BCUT2D eigenvalue weighted by Crippen LogP contribution is 2.22. The minimum absolute atomic E-state index is 0.0965. The minimum atomic E-state index is -0.722. The summed E-state index contributed by atoms with van der Waals surface area (Å²) >= 11 is 11.8. The fraction of sp³-hybridized carbons (Fsp3) is 0.389. The standard InChI is InChI=1S/C36H49Cl2N21O2/c1-19(56-11-7-20(8-12-56)47-33(43)53-31(60)23-27(39)51-29(41)25(37)49-23)46-36(55-35(45)58-17-15-57(16-18-58)22-5-3-2-4-6-22)59-13-9-21(10-14-59)48-34(44)54-32(61)24-28(40)52-30(42)26(38)50-24/h2-6,20-21H,1,7-18H2,(H4,39,41,51)(H4,40,42,52)(H2,45,46,55)(H3,43,47,53,60)(H3,44,48,54,61). The molecule has 3 fully saturated rings. The number of rotatable bonds is 7. The summed E-state index contributed by atoms with van der Waals surface area (Å²) < 4.78 is 0. The molecule has 3 aromatic rings. The molecule has 0 aliphatic carbocycles. The summed E-state index contributed by atoms with van der Waals surface area (Å²) in [6.45, 7) is 9.30. The van der Waals surface area contributed by atoms with Gasteiger partial charge in [0, 0.05) is 58.0 Å². The van der Waals surface area contributed by atoms with Gasteiger partial charge in [0.15, 0.2) is 62.8 Å². The molecule has 25 heteroatoms. The number of halogens is 2. The summed E-state index contributed by atoms with van der Waals surface area (Å²) in [7, 11) is 0. The molecular formula is C36H49Cl2N21O2. The number of benzene rings is 1. The second kappa shape index (κ2) is 19.5. The first-order chi connectivity index (χ1) is 29.1. The number of nitrogen functional groups attached to an aromatic ring is 4. The van der Waals surface area contributed by atoms with E-state index >= 15 is 0 Å². The van der Waals surface area contributed by atoms with Gasteiger partial charge >= 0.3 is 0 Å². The monoisotopic (exact) mass is 877 g/mol. The number of carbonyl (C=O) groups is 2. The number of piperazine rings is 1. The molecule has 2 aromatic heterocycles. The lowest BCUT2D eigenvalue weighted by molar-refractivity contribution is 0.0963. The number of nitrogens with two attached hydrogens (primary N) is 7. The van der Waals surface area contributed by atoms with E-state index in [0.717, 1.165) is 18.8 Å². The topological polar surface area (TPSA) is 354 Å². The van der Waals surface area contributed by atoms with Crippen LogP contribution < -0.4 is 55.7 Å². The smallest absolute Gasteiger partial charge is 0.280 e.